The molecule has 0 fully saturated rings. The van der Waals surface area contributed by atoms with Crippen LogP contribution in [-0.4, -0.2) is 30.0 Å². The lowest BCUT2D eigenvalue weighted by atomic mass is 9.88. The van der Waals surface area contributed by atoms with Crippen LogP contribution in [0.15, 0.2) is 42.5 Å². The largest absolute Gasteiger partial charge is 0.467 e. The first-order valence-corrected chi connectivity index (χ1v) is 5.97. The Balaban J connectivity index is 2.36. The van der Waals surface area contributed by atoms with Gasteiger partial charge in [0.2, 0.25) is 5.60 Å². The first kappa shape index (κ1) is 13.8. The third-order valence-electron chi connectivity index (χ3n) is 2.96. The Morgan fingerprint density at radius 1 is 1.47 bits per heavy atom. The molecule has 0 saturated heterocycles. The Bertz CT molecular complexity index is 568. The van der Waals surface area contributed by atoms with Crippen molar-refractivity contribution in [3.63, 3.8) is 0 Å². The highest BCUT2D eigenvalue weighted by Crippen LogP contribution is 2.32. The fourth-order valence-electron chi connectivity index (χ4n) is 1.87. The number of hydrogen-bond donors (Lipinski definition) is 1. The average Bonchev–Trinajstić information content (AvgIpc) is 2.41. The van der Waals surface area contributed by atoms with Gasteiger partial charge in [-0.15, -0.1) is 0 Å². The van der Waals surface area contributed by atoms with Gasteiger partial charge in [0.1, 0.15) is 0 Å². The van der Waals surface area contributed by atoms with Crippen LogP contribution in [0.3, 0.4) is 0 Å². The van der Waals surface area contributed by atoms with Crippen LogP contribution in [0, 0.1) is 0 Å². The number of hydrogen-bond acceptors (Lipinski definition) is 3. The van der Waals surface area contributed by atoms with Gasteiger partial charge < -0.3 is 9.84 Å². The maximum Gasteiger partial charge on any atom is 0.345 e. The van der Waals surface area contributed by atoms with E-state index in [1.807, 2.05) is 0 Å². The monoisotopic (exact) mass is 282 g/mol. The molecule has 0 aromatic heterocycles. The van der Waals surface area contributed by atoms with Crippen molar-refractivity contribution in [1.29, 1.82) is 0 Å². The minimum absolute atomic E-state index is 0.467. The first-order valence-electron chi connectivity index (χ1n) is 5.60. The van der Waals surface area contributed by atoms with Gasteiger partial charge in [-0.05, 0) is 23.8 Å². The van der Waals surface area contributed by atoms with E-state index in [1.165, 1.54) is 6.08 Å². The predicted octanol–water partition coefficient (Wildman–Crippen LogP) is 2.54. The van der Waals surface area contributed by atoms with E-state index in [0.29, 0.717) is 16.2 Å². The molecule has 0 bridgehead atoms. The fourth-order valence-corrected chi connectivity index (χ4v) is 2.11. The van der Waals surface area contributed by atoms with Crippen molar-refractivity contribution in [2.75, 3.05) is 7.11 Å². The van der Waals surface area contributed by atoms with Crippen molar-refractivity contribution in [3.05, 3.63) is 53.1 Å². The summed E-state index contributed by atoms with van der Waals surface area (Å²) in [6.45, 7) is 0. The fraction of sp³-hybridized carbons (Fsp3) is 0.214. The van der Waals surface area contributed by atoms with E-state index in [4.69, 9.17) is 11.6 Å². The molecule has 0 amide bonds. The standard InChI is InChI=1S/C14H12ClFO3/c1-19-13(17)14(18)7-6-9(8-12(14)16)10-4-2-3-5-11(10)15/h2-8,12,18H,1H3. The molecule has 0 spiro atoms. The van der Waals surface area contributed by atoms with E-state index in [9.17, 15) is 14.3 Å². The quantitative estimate of drug-likeness (QED) is 0.848. The van der Waals surface area contributed by atoms with E-state index in [-0.39, 0.29) is 0 Å². The van der Waals surface area contributed by atoms with Gasteiger partial charge in [-0.25, -0.2) is 9.18 Å². The minimum atomic E-state index is -2.28. The molecule has 0 radical (unpaired) electrons. The molecule has 0 aliphatic heterocycles. The number of rotatable bonds is 2. The summed E-state index contributed by atoms with van der Waals surface area (Å²) in [5.74, 6) is -1.04. The van der Waals surface area contributed by atoms with Gasteiger partial charge in [-0.1, -0.05) is 35.9 Å². The number of halogens is 2. The second-order valence-corrected chi connectivity index (χ2v) is 4.56. The number of benzene rings is 1. The van der Waals surface area contributed by atoms with Crippen molar-refractivity contribution in [2.24, 2.45) is 0 Å². The number of esters is 1. The Morgan fingerprint density at radius 2 is 2.16 bits per heavy atom. The van der Waals surface area contributed by atoms with Crippen molar-refractivity contribution >= 4 is 23.1 Å². The molecule has 100 valence electrons. The second-order valence-electron chi connectivity index (χ2n) is 4.15. The number of alkyl halides is 1. The third-order valence-corrected chi connectivity index (χ3v) is 3.29. The van der Waals surface area contributed by atoms with E-state index >= 15 is 0 Å². The molecular weight excluding hydrogens is 271 g/mol. The van der Waals surface area contributed by atoms with Gasteiger partial charge in [0.25, 0.3) is 0 Å². The number of methoxy groups -OCH3 is 1. The van der Waals surface area contributed by atoms with E-state index in [0.717, 1.165) is 19.3 Å². The minimum Gasteiger partial charge on any atom is -0.467 e. The molecule has 5 heteroatoms. The molecule has 1 aromatic carbocycles. The van der Waals surface area contributed by atoms with Crippen molar-refractivity contribution in [2.45, 2.75) is 11.8 Å². The average molecular weight is 283 g/mol. The summed E-state index contributed by atoms with van der Waals surface area (Å²) in [5, 5.41) is 10.4. The lowest BCUT2D eigenvalue weighted by molar-refractivity contribution is -0.161. The molecule has 1 aliphatic carbocycles. The summed E-state index contributed by atoms with van der Waals surface area (Å²) in [6.07, 6.45) is 1.80. The van der Waals surface area contributed by atoms with Crippen LogP contribution >= 0.6 is 11.6 Å². The summed E-state index contributed by atoms with van der Waals surface area (Å²) in [5.41, 5.74) is -1.14. The number of aliphatic hydroxyl groups is 1. The van der Waals surface area contributed by atoms with Gasteiger partial charge in [-0.2, -0.15) is 0 Å². The van der Waals surface area contributed by atoms with Gasteiger partial charge >= 0.3 is 5.97 Å². The number of ether oxygens (including phenoxy) is 1. The SMILES string of the molecule is COC(=O)C1(O)C=CC(c2ccccc2Cl)=CC1F. The smallest absolute Gasteiger partial charge is 0.345 e. The molecular formula is C14H12ClFO3. The van der Waals surface area contributed by atoms with Crippen LogP contribution in [-0.2, 0) is 9.53 Å². The third kappa shape index (κ3) is 2.41. The highest BCUT2D eigenvalue weighted by atomic mass is 35.5. The summed E-state index contributed by atoms with van der Waals surface area (Å²) in [4.78, 5) is 11.4. The maximum absolute atomic E-state index is 14.0. The normalized spacial score (nSPS) is 25.9. The number of carbonyl (C=O) groups is 1. The Morgan fingerprint density at radius 3 is 2.74 bits per heavy atom. The van der Waals surface area contributed by atoms with Crippen LogP contribution in [0.4, 0.5) is 4.39 Å². The Labute approximate surface area is 115 Å². The van der Waals surface area contributed by atoms with Crippen LogP contribution in [0.1, 0.15) is 5.56 Å². The van der Waals surface area contributed by atoms with Gasteiger partial charge in [-0.3, -0.25) is 0 Å². The lowest BCUT2D eigenvalue weighted by Gasteiger charge is -2.27. The number of carbonyl (C=O) groups excluding carboxylic acids is 1. The van der Waals surface area contributed by atoms with Crippen LogP contribution in [0.25, 0.3) is 5.57 Å². The number of allylic oxidation sites excluding steroid dienone is 2. The lowest BCUT2D eigenvalue weighted by Crippen LogP contribution is -2.46. The zero-order chi connectivity index (χ0) is 14.0. The zero-order valence-electron chi connectivity index (χ0n) is 10.1. The van der Waals surface area contributed by atoms with Crippen molar-refractivity contribution in [1.82, 2.24) is 0 Å². The predicted molar refractivity (Wildman–Crippen MR) is 70.4 cm³/mol. The van der Waals surface area contributed by atoms with E-state index in [2.05, 4.69) is 4.74 Å². The van der Waals surface area contributed by atoms with Crippen molar-refractivity contribution in [3.8, 4) is 0 Å². The zero-order valence-corrected chi connectivity index (χ0v) is 10.9. The van der Waals surface area contributed by atoms with Gasteiger partial charge in [0, 0.05) is 10.6 Å². The highest BCUT2D eigenvalue weighted by Gasteiger charge is 2.44. The molecule has 1 aromatic rings. The molecule has 1 aliphatic rings. The topological polar surface area (TPSA) is 46.5 Å². The molecule has 0 heterocycles. The molecule has 19 heavy (non-hydrogen) atoms. The molecule has 3 nitrogen and oxygen atoms in total. The summed E-state index contributed by atoms with van der Waals surface area (Å²) in [7, 11) is 1.09. The first-order chi connectivity index (χ1) is 8.99. The summed E-state index contributed by atoms with van der Waals surface area (Å²) >= 11 is 6.01. The van der Waals surface area contributed by atoms with Crippen LogP contribution in [0.2, 0.25) is 5.02 Å². The summed E-state index contributed by atoms with van der Waals surface area (Å²) < 4.78 is 18.4. The maximum atomic E-state index is 14.0. The molecule has 0 saturated carbocycles. The highest BCUT2D eigenvalue weighted by molar-refractivity contribution is 6.32. The van der Waals surface area contributed by atoms with E-state index < -0.39 is 17.7 Å². The Hall–Kier alpha value is -1.65. The van der Waals surface area contributed by atoms with Gasteiger partial charge in [0.05, 0.1) is 7.11 Å². The second kappa shape index (κ2) is 5.15. The van der Waals surface area contributed by atoms with E-state index in [1.54, 1.807) is 24.3 Å². The molecule has 2 unspecified atom stereocenters. The van der Waals surface area contributed by atoms with Gasteiger partial charge in [0.15, 0.2) is 6.17 Å². The van der Waals surface area contributed by atoms with Crippen molar-refractivity contribution < 1.29 is 19.0 Å². The molecule has 1 N–H and O–H groups in total. The molecule has 2 rings (SSSR count). The summed E-state index contributed by atoms with van der Waals surface area (Å²) in [6, 6.07) is 6.94. The Kier molecular flexibility index (Phi) is 3.73. The van der Waals surface area contributed by atoms with Crippen LogP contribution < -0.4 is 0 Å². The molecule has 2 atom stereocenters. The van der Waals surface area contributed by atoms with Crippen LogP contribution in [0.5, 0.6) is 0 Å².